The van der Waals surface area contributed by atoms with Crippen molar-refractivity contribution in [2.24, 2.45) is 4.99 Å². The number of thioether (sulfide) groups is 1. The van der Waals surface area contributed by atoms with Gasteiger partial charge in [0.1, 0.15) is 0 Å². The summed E-state index contributed by atoms with van der Waals surface area (Å²) >= 11 is 2.09. The average Bonchev–Trinajstić information content (AvgIpc) is 3.10. The lowest BCUT2D eigenvalue weighted by Crippen LogP contribution is -2.60. The zero-order chi connectivity index (χ0) is 16.0. The lowest BCUT2D eigenvalue weighted by atomic mass is 9.95. The largest absolute Gasteiger partial charge is 0.379 e. The molecule has 2 aliphatic heterocycles. The molecule has 0 bridgehead atoms. The normalized spacial score (nSPS) is 30.0. The van der Waals surface area contributed by atoms with Crippen LogP contribution in [0.4, 0.5) is 0 Å². The molecule has 3 rings (SSSR count). The van der Waals surface area contributed by atoms with Crippen molar-refractivity contribution in [2.75, 3.05) is 51.4 Å². The van der Waals surface area contributed by atoms with Gasteiger partial charge < -0.3 is 15.4 Å². The van der Waals surface area contributed by atoms with Gasteiger partial charge in [-0.15, -0.1) is 24.0 Å². The minimum absolute atomic E-state index is 0. The predicted octanol–water partition coefficient (Wildman–Crippen LogP) is 2.31. The molecule has 1 saturated carbocycles. The third-order valence-corrected chi connectivity index (χ3v) is 6.75. The fourth-order valence-electron chi connectivity index (χ4n) is 4.02. The summed E-state index contributed by atoms with van der Waals surface area (Å²) in [4.78, 5) is 7.11. The molecule has 0 amide bonds. The van der Waals surface area contributed by atoms with Gasteiger partial charge in [-0.2, -0.15) is 11.8 Å². The van der Waals surface area contributed by atoms with Crippen LogP contribution >= 0.6 is 35.7 Å². The van der Waals surface area contributed by atoms with Gasteiger partial charge in [-0.25, -0.2) is 0 Å². The number of aliphatic imine (C=N–C) groups is 1. The Morgan fingerprint density at radius 3 is 2.62 bits per heavy atom. The van der Waals surface area contributed by atoms with Gasteiger partial charge in [-0.05, 0) is 25.0 Å². The standard InChI is InChI=1S/C17H32N4OS.HI/c1-18-16(20-15-5-3-2-4-6-15)19-13-17(7-12-23-14-17)21-8-10-22-11-9-21;/h15H,2-14H2,1H3,(H2,18,19,20);1H. The Labute approximate surface area is 168 Å². The van der Waals surface area contributed by atoms with Gasteiger partial charge in [-0.3, -0.25) is 9.89 Å². The molecule has 7 heteroatoms. The van der Waals surface area contributed by atoms with Crippen LogP contribution in [0.25, 0.3) is 0 Å². The Balaban J connectivity index is 0.00000208. The van der Waals surface area contributed by atoms with Crippen LogP contribution < -0.4 is 10.6 Å². The number of hydrogen-bond acceptors (Lipinski definition) is 4. The van der Waals surface area contributed by atoms with Crippen LogP contribution in [0, 0.1) is 0 Å². The highest BCUT2D eigenvalue weighted by Crippen LogP contribution is 2.33. The minimum atomic E-state index is 0. The zero-order valence-corrected chi connectivity index (χ0v) is 18.0. The topological polar surface area (TPSA) is 48.9 Å². The molecular formula is C17H33IN4OS. The van der Waals surface area contributed by atoms with Crippen molar-refractivity contribution < 1.29 is 4.74 Å². The maximum Gasteiger partial charge on any atom is 0.191 e. The van der Waals surface area contributed by atoms with Crippen molar-refractivity contribution in [1.82, 2.24) is 15.5 Å². The van der Waals surface area contributed by atoms with Crippen molar-refractivity contribution in [1.29, 1.82) is 0 Å². The van der Waals surface area contributed by atoms with Crippen LogP contribution in [0.1, 0.15) is 38.5 Å². The molecule has 3 aliphatic rings. The zero-order valence-electron chi connectivity index (χ0n) is 14.9. The molecule has 3 fully saturated rings. The molecule has 0 aromatic carbocycles. The van der Waals surface area contributed by atoms with Crippen molar-refractivity contribution in [3.63, 3.8) is 0 Å². The van der Waals surface area contributed by atoms with E-state index in [1.54, 1.807) is 0 Å². The number of hydrogen-bond donors (Lipinski definition) is 2. The Morgan fingerprint density at radius 1 is 1.25 bits per heavy atom. The van der Waals surface area contributed by atoms with E-state index >= 15 is 0 Å². The highest BCUT2D eigenvalue weighted by molar-refractivity contribution is 14.0. The van der Waals surface area contributed by atoms with E-state index in [2.05, 4.69) is 32.3 Å². The Kier molecular flexibility index (Phi) is 8.94. The first-order valence-electron chi connectivity index (χ1n) is 9.20. The number of guanidine groups is 1. The maximum atomic E-state index is 5.55. The van der Waals surface area contributed by atoms with Crippen LogP contribution in [0.3, 0.4) is 0 Å². The minimum Gasteiger partial charge on any atom is -0.379 e. The van der Waals surface area contributed by atoms with E-state index in [-0.39, 0.29) is 29.5 Å². The Hall–Kier alpha value is 0.270. The summed E-state index contributed by atoms with van der Waals surface area (Å²) in [6.45, 7) is 4.88. The van der Waals surface area contributed by atoms with Gasteiger partial charge in [0, 0.05) is 44.0 Å². The van der Waals surface area contributed by atoms with Gasteiger partial charge in [0.2, 0.25) is 0 Å². The summed E-state index contributed by atoms with van der Waals surface area (Å²) in [7, 11) is 1.89. The first-order valence-corrected chi connectivity index (χ1v) is 10.4. The van der Waals surface area contributed by atoms with Crippen molar-refractivity contribution in [3.05, 3.63) is 0 Å². The fourth-order valence-corrected chi connectivity index (χ4v) is 5.50. The molecule has 140 valence electrons. The molecule has 5 nitrogen and oxygen atoms in total. The van der Waals surface area contributed by atoms with Crippen LogP contribution in [0.15, 0.2) is 4.99 Å². The van der Waals surface area contributed by atoms with Gasteiger partial charge in [0.25, 0.3) is 0 Å². The summed E-state index contributed by atoms with van der Waals surface area (Å²) in [6.07, 6.45) is 7.93. The summed E-state index contributed by atoms with van der Waals surface area (Å²) in [6, 6.07) is 0.604. The molecule has 1 aliphatic carbocycles. The highest BCUT2D eigenvalue weighted by atomic mass is 127. The monoisotopic (exact) mass is 468 g/mol. The van der Waals surface area contributed by atoms with Gasteiger partial charge in [0.15, 0.2) is 5.96 Å². The van der Waals surface area contributed by atoms with Crippen molar-refractivity contribution >= 4 is 41.7 Å². The lowest BCUT2D eigenvalue weighted by molar-refractivity contribution is -0.0120. The van der Waals surface area contributed by atoms with E-state index in [1.165, 1.54) is 50.0 Å². The van der Waals surface area contributed by atoms with Crippen LogP contribution in [0.2, 0.25) is 0 Å². The van der Waals surface area contributed by atoms with E-state index in [9.17, 15) is 0 Å². The number of ether oxygens (including phenoxy) is 1. The summed E-state index contributed by atoms with van der Waals surface area (Å²) in [5.41, 5.74) is 0.276. The SMILES string of the molecule is CN=C(NCC1(N2CCOCC2)CCSC1)NC1CCCCC1.I. The summed E-state index contributed by atoms with van der Waals surface area (Å²) in [5, 5.41) is 7.28. The molecule has 0 radical (unpaired) electrons. The molecule has 2 N–H and O–H groups in total. The van der Waals surface area contributed by atoms with E-state index in [4.69, 9.17) is 4.74 Å². The van der Waals surface area contributed by atoms with E-state index in [1.807, 2.05) is 7.05 Å². The average molecular weight is 468 g/mol. The van der Waals surface area contributed by atoms with E-state index in [0.29, 0.717) is 6.04 Å². The van der Waals surface area contributed by atoms with E-state index in [0.717, 1.165) is 38.8 Å². The van der Waals surface area contributed by atoms with Crippen LogP contribution in [-0.4, -0.2) is 73.8 Å². The second-order valence-corrected chi connectivity index (χ2v) is 8.14. The van der Waals surface area contributed by atoms with E-state index < -0.39 is 0 Å². The Bertz CT molecular complexity index is 392. The number of halogens is 1. The molecule has 2 heterocycles. The quantitative estimate of drug-likeness (QED) is 0.377. The van der Waals surface area contributed by atoms with Crippen LogP contribution in [0.5, 0.6) is 0 Å². The second kappa shape index (κ2) is 10.4. The summed E-state index contributed by atoms with van der Waals surface area (Å²) in [5.74, 6) is 3.48. The first kappa shape index (κ1) is 20.6. The second-order valence-electron chi connectivity index (χ2n) is 7.03. The third-order valence-electron chi connectivity index (χ3n) is 5.52. The molecule has 2 saturated heterocycles. The number of rotatable bonds is 4. The van der Waals surface area contributed by atoms with Gasteiger partial charge in [0.05, 0.1) is 13.2 Å². The van der Waals surface area contributed by atoms with Gasteiger partial charge >= 0.3 is 0 Å². The molecular weight excluding hydrogens is 435 g/mol. The molecule has 24 heavy (non-hydrogen) atoms. The number of nitrogens with zero attached hydrogens (tertiary/aromatic N) is 2. The molecule has 0 spiro atoms. The number of nitrogens with one attached hydrogen (secondary N) is 2. The Morgan fingerprint density at radius 2 is 2.00 bits per heavy atom. The third kappa shape index (κ3) is 5.38. The maximum absolute atomic E-state index is 5.55. The van der Waals surface area contributed by atoms with Crippen LogP contribution in [-0.2, 0) is 4.74 Å². The smallest absolute Gasteiger partial charge is 0.191 e. The fraction of sp³-hybridized carbons (Fsp3) is 0.941. The number of morpholine rings is 1. The highest BCUT2D eigenvalue weighted by Gasteiger charge is 2.40. The molecule has 0 aromatic heterocycles. The first-order chi connectivity index (χ1) is 11.3. The lowest BCUT2D eigenvalue weighted by Gasteiger charge is -2.43. The predicted molar refractivity (Wildman–Crippen MR) is 114 cm³/mol. The van der Waals surface area contributed by atoms with Gasteiger partial charge in [-0.1, -0.05) is 19.3 Å². The molecule has 1 atom stereocenters. The summed E-state index contributed by atoms with van der Waals surface area (Å²) < 4.78 is 5.55. The van der Waals surface area contributed by atoms with Crippen molar-refractivity contribution in [2.45, 2.75) is 50.1 Å². The van der Waals surface area contributed by atoms with Crippen molar-refractivity contribution in [3.8, 4) is 0 Å². The molecule has 0 aromatic rings. The molecule has 1 unspecified atom stereocenters.